The van der Waals surface area contributed by atoms with Crippen molar-refractivity contribution in [3.8, 4) is 5.75 Å². The summed E-state index contributed by atoms with van der Waals surface area (Å²) in [5.41, 5.74) is 0. The van der Waals surface area contributed by atoms with Gasteiger partial charge >= 0.3 is 11.9 Å². The second kappa shape index (κ2) is 12.5. The maximum atomic E-state index is 9.10. The van der Waals surface area contributed by atoms with E-state index in [4.69, 9.17) is 36.1 Å². The number of halogens is 1. The summed E-state index contributed by atoms with van der Waals surface area (Å²) < 4.78 is 5.69. The Kier molecular flexibility index (Phi) is 10.7. The van der Waals surface area contributed by atoms with Crippen LogP contribution in [-0.2, 0) is 9.59 Å². The number of piperidine rings is 1. The molecule has 1 heterocycles. The molecular weight excluding hydrogens is 358 g/mol. The van der Waals surface area contributed by atoms with Crippen molar-refractivity contribution in [2.45, 2.75) is 39.0 Å². The van der Waals surface area contributed by atoms with Gasteiger partial charge in [-0.1, -0.05) is 24.6 Å². The SMILES string of the molecule is CC1CCN(CCCCCOc2cccc(Cl)c2)CC1.O=C(O)C(=O)O. The van der Waals surface area contributed by atoms with Crippen LogP contribution < -0.4 is 4.74 Å². The number of likely N-dealkylation sites (tertiary alicyclic amines) is 1. The molecular formula is C19H28ClNO5. The molecule has 0 bridgehead atoms. The number of unbranched alkanes of at least 4 members (excludes halogenated alkanes) is 2. The van der Waals surface area contributed by atoms with E-state index in [0.29, 0.717) is 0 Å². The van der Waals surface area contributed by atoms with Crippen molar-refractivity contribution in [1.82, 2.24) is 4.90 Å². The topological polar surface area (TPSA) is 87.1 Å². The maximum absolute atomic E-state index is 9.10. The zero-order chi connectivity index (χ0) is 19.4. The van der Waals surface area contributed by atoms with Gasteiger partial charge in [0.1, 0.15) is 5.75 Å². The lowest BCUT2D eigenvalue weighted by molar-refractivity contribution is -0.159. The standard InChI is InChI=1S/C17H26ClNO.C2H2O4/c1-15-8-11-19(12-9-15)10-3-2-4-13-20-17-7-5-6-16(18)14-17;3-1(4)2(5)6/h5-7,14-15H,2-4,8-13H2,1H3;(H,3,4)(H,5,6). The van der Waals surface area contributed by atoms with Gasteiger partial charge in [-0.05, 0) is 75.9 Å². The van der Waals surface area contributed by atoms with Gasteiger partial charge in [0.2, 0.25) is 0 Å². The molecule has 0 radical (unpaired) electrons. The molecule has 0 unspecified atom stereocenters. The molecule has 0 saturated carbocycles. The van der Waals surface area contributed by atoms with E-state index < -0.39 is 11.9 Å². The van der Waals surface area contributed by atoms with Crippen LogP contribution in [0.15, 0.2) is 24.3 Å². The average molecular weight is 386 g/mol. The van der Waals surface area contributed by atoms with Gasteiger partial charge in [-0.15, -0.1) is 0 Å². The van der Waals surface area contributed by atoms with Crippen molar-refractivity contribution in [3.63, 3.8) is 0 Å². The van der Waals surface area contributed by atoms with Crippen LogP contribution in [-0.4, -0.2) is 53.3 Å². The summed E-state index contributed by atoms with van der Waals surface area (Å²) in [7, 11) is 0. The van der Waals surface area contributed by atoms with Crippen molar-refractivity contribution < 1.29 is 24.5 Å². The fraction of sp³-hybridized carbons (Fsp3) is 0.579. The van der Waals surface area contributed by atoms with Crippen LogP contribution in [0.5, 0.6) is 5.75 Å². The number of benzene rings is 1. The Morgan fingerprint density at radius 3 is 2.38 bits per heavy atom. The van der Waals surface area contributed by atoms with E-state index in [1.165, 1.54) is 45.3 Å². The number of carboxylic acid groups (broad SMARTS) is 2. The summed E-state index contributed by atoms with van der Waals surface area (Å²) in [6.07, 6.45) is 6.40. The highest BCUT2D eigenvalue weighted by molar-refractivity contribution is 6.30. The minimum absolute atomic E-state index is 0.738. The summed E-state index contributed by atoms with van der Waals surface area (Å²) >= 11 is 5.92. The van der Waals surface area contributed by atoms with Crippen molar-refractivity contribution in [1.29, 1.82) is 0 Å². The first-order chi connectivity index (χ1) is 12.4. The molecule has 6 nitrogen and oxygen atoms in total. The van der Waals surface area contributed by atoms with E-state index >= 15 is 0 Å². The van der Waals surface area contributed by atoms with Crippen LogP contribution in [0.3, 0.4) is 0 Å². The van der Waals surface area contributed by atoms with E-state index in [1.807, 2.05) is 24.3 Å². The van der Waals surface area contributed by atoms with Gasteiger partial charge in [0.05, 0.1) is 6.61 Å². The molecule has 26 heavy (non-hydrogen) atoms. The van der Waals surface area contributed by atoms with Gasteiger partial charge < -0.3 is 19.8 Å². The predicted molar refractivity (Wildman–Crippen MR) is 101 cm³/mol. The van der Waals surface area contributed by atoms with Gasteiger partial charge in [-0.25, -0.2) is 9.59 Å². The molecule has 1 aromatic carbocycles. The summed E-state index contributed by atoms with van der Waals surface area (Å²) in [4.78, 5) is 20.8. The number of nitrogens with zero attached hydrogens (tertiary/aromatic N) is 1. The van der Waals surface area contributed by atoms with Crippen molar-refractivity contribution in [2.24, 2.45) is 5.92 Å². The summed E-state index contributed by atoms with van der Waals surface area (Å²) in [6, 6.07) is 7.63. The third-order valence-corrected chi connectivity index (χ3v) is 4.48. The maximum Gasteiger partial charge on any atom is 0.414 e. The second-order valence-corrected chi connectivity index (χ2v) is 6.94. The number of rotatable bonds is 7. The first kappa shape index (κ1) is 22.3. The van der Waals surface area contributed by atoms with Gasteiger partial charge in [0.25, 0.3) is 0 Å². The van der Waals surface area contributed by atoms with Crippen LogP contribution in [0.25, 0.3) is 0 Å². The minimum Gasteiger partial charge on any atom is -0.494 e. The molecule has 1 fully saturated rings. The Morgan fingerprint density at radius 2 is 1.81 bits per heavy atom. The highest BCUT2D eigenvalue weighted by Gasteiger charge is 2.14. The predicted octanol–water partition coefficient (Wildman–Crippen LogP) is 3.78. The second-order valence-electron chi connectivity index (χ2n) is 6.50. The molecule has 2 rings (SSSR count). The normalized spacial score (nSPS) is 15.0. The van der Waals surface area contributed by atoms with Crippen molar-refractivity contribution >= 4 is 23.5 Å². The molecule has 0 amide bonds. The van der Waals surface area contributed by atoms with E-state index in [1.54, 1.807) is 0 Å². The molecule has 7 heteroatoms. The third kappa shape index (κ3) is 10.3. The molecule has 0 spiro atoms. The van der Waals surface area contributed by atoms with E-state index in [2.05, 4.69) is 11.8 Å². The number of hydrogen-bond donors (Lipinski definition) is 2. The average Bonchev–Trinajstić information content (AvgIpc) is 2.60. The number of aliphatic carboxylic acids is 2. The van der Waals surface area contributed by atoms with Gasteiger partial charge in [0.15, 0.2) is 0 Å². The number of carboxylic acids is 2. The number of ether oxygens (including phenoxy) is 1. The summed E-state index contributed by atoms with van der Waals surface area (Å²) in [5.74, 6) is -1.84. The van der Waals surface area contributed by atoms with Crippen LogP contribution in [0.4, 0.5) is 0 Å². The molecule has 1 saturated heterocycles. The molecule has 0 atom stereocenters. The van der Waals surface area contributed by atoms with E-state index in [0.717, 1.165) is 29.7 Å². The third-order valence-electron chi connectivity index (χ3n) is 4.24. The van der Waals surface area contributed by atoms with Crippen LogP contribution >= 0.6 is 11.6 Å². The van der Waals surface area contributed by atoms with E-state index in [9.17, 15) is 0 Å². The Hall–Kier alpha value is -1.79. The molecule has 0 aromatic heterocycles. The molecule has 2 N–H and O–H groups in total. The van der Waals surface area contributed by atoms with Crippen LogP contribution in [0.1, 0.15) is 39.0 Å². The van der Waals surface area contributed by atoms with E-state index in [-0.39, 0.29) is 0 Å². The Morgan fingerprint density at radius 1 is 1.15 bits per heavy atom. The molecule has 146 valence electrons. The zero-order valence-corrected chi connectivity index (χ0v) is 16.0. The Bertz CT molecular complexity index is 547. The fourth-order valence-corrected chi connectivity index (χ4v) is 2.83. The molecule has 1 aliphatic heterocycles. The largest absolute Gasteiger partial charge is 0.494 e. The summed E-state index contributed by atoms with van der Waals surface area (Å²) in [6.45, 7) is 6.99. The highest BCUT2D eigenvalue weighted by atomic mass is 35.5. The first-order valence-corrected chi connectivity index (χ1v) is 9.33. The molecule has 1 aliphatic rings. The minimum atomic E-state index is -1.82. The summed E-state index contributed by atoms with van der Waals surface area (Å²) in [5, 5.41) is 15.5. The lowest BCUT2D eigenvalue weighted by atomic mass is 9.99. The zero-order valence-electron chi connectivity index (χ0n) is 15.2. The smallest absolute Gasteiger partial charge is 0.414 e. The number of hydrogen-bond acceptors (Lipinski definition) is 4. The van der Waals surface area contributed by atoms with Crippen LogP contribution in [0.2, 0.25) is 5.02 Å². The lowest BCUT2D eigenvalue weighted by Gasteiger charge is -2.30. The monoisotopic (exact) mass is 385 g/mol. The van der Waals surface area contributed by atoms with Gasteiger partial charge in [-0.3, -0.25) is 0 Å². The number of carbonyl (C=O) groups is 2. The van der Waals surface area contributed by atoms with Crippen LogP contribution in [0, 0.1) is 5.92 Å². The van der Waals surface area contributed by atoms with Gasteiger partial charge in [0, 0.05) is 5.02 Å². The fourth-order valence-electron chi connectivity index (χ4n) is 2.65. The lowest BCUT2D eigenvalue weighted by Crippen LogP contribution is -2.33. The van der Waals surface area contributed by atoms with Crippen molar-refractivity contribution in [3.05, 3.63) is 29.3 Å². The Balaban J connectivity index is 0.000000487. The van der Waals surface area contributed by atoms with Gasteiger partial charge in [-0.2, -0.15) is 0 Å². The van der Waals surface area contributed by atoms with Crippen molar-refractivity contribution in [2.75, 3.05) is 26.2 Å². The molecule has 1 aromatic rings. The molecule has 0 aliphatic carbocycles. The highest BCUT2D eigenvalue weighted by Crippen LogP contribution is 2.18. The quantitative estimate of drug-likeness (QED) is 0.548. The Labute approximate surface area is 159 Å². The first-order valence-electron chi connectivity index (χ1n) is 8.95.